The van der Waals surface area contributed by atoms with Crippen molar-refractivity contribution in [3.05, 3.63) is 69.9 Å². The Labute approximate surface area is 151 Å². The third-order valence-electron chi connectivity index (χ3n) is 4.47. The second kappa shape index (κ2) is 7.72. The Morgan fingerprint density at radius 2 is 2.04 bits per heavy atom. The van der Waals surface area contributed by atoms with E-state index in [4.69, 9.17) is 4.98 Å². The predicted octanol–water partition coefficient (Wildman–Crippen LogP) is 3.19. The third-order valence-corrected chi connectivity index (χ3v) is 5.25. The Kier molecular flexibility index (Phi) is 4.99. The summed E-state index contributed by atoms with van der Waals surface area (Å²) >= 11 is 1.70. The van der Waals surface area contributed by atoms with E-state index in [0.29, 0.717) is 6.04 Å². The zero-order chi connectivity index (χ0) is 16.9. The minimum atomic E-state index is 0.475. The summed E-state index contributed by atoms with van der Waals surface area (Å²) in [5.41, 5.74) is 3.67. The number of rotatable bonds is 6. The van der Waals surface area contributed by atoms with Crippen LogP contribution in [0.25, 0.3) is 0 Å². The number of nitrogens with zero attached hydrogens (tertiary/aromatic N) is 3. The summed E-state index contributed by atoms with van der Waals surface area (Å²) in [4.78, 5) is 13.5. The maximum Gasteiger partial charge on any atom is 0.223 e. The summed E-state index contributed by atoms with van der Waals surface area (Å²) in [6, 6.07) is 10.8. The molecule has 0 saturated carbocycles. The van der Waals surface area contributed by atoms with E-state index in [1.807, 2.05) is 36.0 Å². The van der Waals surface area contributed by atoms with Crippen LogP contribution in [0.4, 0.5) is 5.95 Å². The molecule has 0 bridgehead atoms. The fraction of sp³-hybridized carbons (Fsp3) is 0.316. The van der Waals surface area contributed by atoms with Crippen molar-refractivity contribution in [2.75, 3.05) is 5.32 Å². The fourth-order valence-corrected chi connectivity index (χ4v) is 3.68. The summed E-state index contributed by atoms with van der Waals surface area (Å²) < 4.78 is 0. The largest absolute Gasteiger partial charge is 0.350 e. The number of thiazole rings is 1. The number of anilines is 1. The lowest BCUT2D eigenvalue weighted by atomic mass is 9.93. The first-order valence-electron chi connectivity index (χ1n) is 8.61. The number of fused-ring (bicyclic) bond motifs is 1. The highest BCUT2D eigenvalue weighted by Gasteiger charge is 2.20. The molecular formula is C19H21N5S. The molecule has 6 heteroatoms. The molecule has 0 fully saturated rings. The first-order chi connectivity index (χ1) is 12.4. The summed E-state index contributed by atoms with van der Waals surface area (Å²) in [6.45, 7) is 1.59. The molecule has 0 radical (unpaired) electrons. The molecule has 2 N–H and O–H groups in total. The van der Waals surface area contributed by atoms with E-state index in [1.54, 1.807) is 11.3 Å². The minimum Gasteiger partial charge on any atom is -0.350 e. The van der Waals surface area contributed by atoms with Gasteiger partial charge in [0.15, 0.2) is 0 Å². The standard InChI is InChI=1S/C19H21N5S/c1-2-4-14(5-3-1)11-22-19-23-12-15-10-16(6-7-17(15)24-19)21-13-18-20-8-9-25-18/h1-5,8-9,12,16,21H,6-7,10-11,13H2,(H,22,23,24)/t16-/m1/s1. The fourth-order valence-electron chi connectivity index (χ4n) is 3.12. The van der Waals surface area contributed by atoms with E-state index >= 15 is 0 Å². The number of hydrogen-bond donors (Lipinski definition) is 2. The molecular weight excluding hydrogens is 330 g/mol. The van der Waals surface area contributed by atoms with Gasteiger partial charge in [0.2, 0.25) is 5.95 Å². The van der Waals surface area contributed by atoms with Crippen molar-refractivity contribution in [1.82, 2.24) is 20.3 Å². The molecule has 2 heterocycles. The average Bonchev–Trinajstić information content (AvgIpc) is 3.19. The molecule has 0 aliphatic heterocycles. The van der Waals surface area contributed by atoms with Gasteiger partial charge in [0.1, 0.15) is 5.01 Å². The maximum atomic E-state index is 4.71. The Bertz CT molecular complexity index is 804. The average molecular weight is 351 g/mol. The summed E-state index contributed by atoms with van der Waals surface area (Å²) in [6.07, 6.45) is 6.92. The summed E-state index contributed by atoms with van der Waals surface area (Å²) in [7, 11) is 0. The molecule has 2 aromatic heterocycles. The minimum absolute atomic E-state index is 0.475. The second-order valence-corrected chi connectivity index (χ2v) is 7.23. The predicted molar refractivity (Wildman–Crippen MR) is 101 cm³/mol. The van der Waals surface area contributed by atoms with E-state index in [1.165, 1.54) is 16.8 Å². The lowest BCUT2D eigenvalue weighted by Crippen LogP contribution is -2.34. The van der Waals surface area contributed by atoms with Crippen LogP contribution in [0.2, 0.25) is 0 Å². The Morgan fingerprint density at radius 1 is 1.12 bits per heavy atom. The van der Waals surface area contributed by atoms with Gasteiger partial charge in [-0.25, -0.2) is 15.0 Å². The van der Waals surface area contributed by atoms with Crippen LogP contribution in [0.5, 0.6) is 0 Å². The van der Waals surface area contributed by atoms with Crippen LogP contribution in [0.15, 0.2) is 48.1 Å². The van der Waals surface area contributed by atoms with E-state index in [9.17, 15) is 0 Å². The topological polar surface area (TPSA) is 62.7 Å². The van der Waals surface area contributed by atoms with Gasteiger partial charge in [-0.2, -0.15) is 0 Å². The number of aryl methyl sites for hydroxylation is 1. The van der Waals surface area contributed by atoms with Crippen LogP contribution in [0.3, 0.4) is 0 Å². The molecule has 0 unspecified atom stereocenters. The quantitative estimate of drug-likeness (QED) is 0.714. The molecule has 0 spiro atoms. The molecule has 3 aromatic rings. The first kappa shape index (κ1) is 16.2. The van der Waals surface area contributed by atoms with E-state index in [0.717, 1.165) is 43.3 Å². The van der Waals surface area contributed by atoms with Crippen LogP contribution in [-0.4, -0.2) is 21.0 Å². The molecule has 1 aliphatic rings. The first-order valence-corrected chi connectivity index (χ1v) is 9.49. The molecule has 4 rings (SSSR count). The molecule has 5 nitrogen and oxygen atoms in total. The van der Waals surface area contributed by atoms with E-state index in [-0.39, 0.29) is 0 Å². The normalized spacial score (nSPS) is 16.4. The monoisotopic (exact) mass is 351 g/mol. The highest BCUT2D eigenvalue weighted by molar-refractivity contribution is 7.09. The Morgan fingerprint density at radius 3 is 2.88 bits per heavy atom. The van der Waals surface area contributed by atoms with Crippen LogP contribution in [0.1, 0.15) is 28.2 Å². The molecule has 1 aliphatic carbocycles. The zero-order valence-corrected chi connectivity index (χ0v) is 14.8. The Balaban J connectivity index is 1.34. The number of benzene rings is 1. The van der Waals surface area contributed by atoms with Gasteiger partial charge in [-0.15, -0.1) is 11.3 Å². The van der Waals surface area contributed by atoms with Crippen LogP contribution < -0.4 is 10.6 Å². The Hall–Kier alpha value is -2.31. The summed E-state index contributed by atoms with van der Waals surface area (Å²) in [5, 5.41) is 10.1. The van der Waals surface area contributed by atoms with Gasteiger partial charge in [-0.3, -0.25) is 0 Å². The van der Waals surface area contributed by atoms with Gasteiger partial charge in [-0.05, 0) is 30.4 Å². The van der Waals surface area contributed by atoms with E-state index < -0.39 is 0 Å². The third kappa shape index (κ3) is 4.21. The van der Waals surface area contributed by atoms with Crippen molar-refractivity contribution < 1.29 is 0 Å². The van der Waals surface area contributed by atoms with Gasteiger partial charge in [0, 0.05) is 42.6 Å². The lowest BCUT2D eigenvalue weighted by molar-refractivity contribution is 0.452. The van der Waals surface area contributed by atoms with Crippen molar-refractivity contribution in [3.63, 3.8) is 0 Å². The summed E-state index contributed by atoms with van der Waals surface area (Å²) in [5.74, 6) is 0.719. The second-order valence-electron chi connectivity index (χ2n) is 6.25. The van der Waals surface area contributed by atoms with Crippen molar-refractivity contribution in [3.8, 4) is 0 Å². The molecule has 0 saturated heterocycles. The number of nitrogens with one attached hydrogen (secondary N) is 2. The highest BCUT2D eigenvalue weighted by Crippen LogP contribution is 2.21. The van der Waals surface area contributed by atoms with Crippen molar-refractivity contribution in [2.24, 2.45) is 0 Å². The number of hydrogen-bond acceptors (Lipinski definition) is 6. The molecule has 1 aromatic carbocycles. The zero-order valence-electron chi connectivity index (χ0n) is 14.0. The SMILES string of the molecule is c1ccc(CNc2ncc3c(n2)CC[C@@H](NCc2nccs2)C3)cc1. The van der Waals surface area contributed by atoms with Crippen molar-refractivity contribution >= 4 is 17.3 Å². The van der Waals surface area contributed by atoms with Crippen molar-refractivity contribution in [2.45, 2.75) is 38.4 Å². The van der Waals surface area contributed by atoms with E-state index in [2.05, 4.69) is 32.7 Å². The van der Waals surface area contributed by atoms with Gasteiger partial charge >= 0.3 is 0 Å². The number of aromatic nitrogens is 3. The molecule has 25 heavy (non-hydrogen) atoms. The highest BCUT2D eigenvalue weighted by atomic mass is 32.1. The van der Waals surface area contributed by atoms with Crippen LogP contribution >= 0.6 is 11.3 Å². The maximum absolute atomic E-state index is 4.71. The van der Waals surface area contributed by atoms with Gasteiger partial charge in [-0.1, -0.05) is 30.3 Å². The molecule has 1 atom stereocenters. The lowest BCUT2D eigenvalue weighted by Gasteiger charge is -2.24. The van der Waals surface area contributed by atoms with Crippen LogP contribution in [-0.2, 0) is 25.9 Å². The van der Waals surface area contributed by atoms with Crippen LogP contribution in [0, 0.1) is 0 Å². The molecule has 0 amide bonds. The van der Waals surface area contributed by atoms with Gasteiger partial charge in [0.05, 0.1) is 0 Å². The van der Waals surface area contributed by atoms with Crippen molar-refractivity contribution in [1.29, 1.82) is 0 Å². The molecule has 128 valence electrons. The van der Waals surface area contributed by atoms with Gasteiger partial charge < -0.3 is 10.6 Å². The smallest absolute Gasteiger partial charge is 0.223 e. The van der Waals surface area contributed by atoms with Gasteiger partial charge in [0.25, 0.3) is 0 Å².